The Hall–Kier alpha value is 0.310. The molecule has 1 N–H and O–H groups in total. The summed E-state index contributed by atoms with van der Waals surface area (Å²) in [6.45, 7) is 1.25. The Bertz CT molecular complexity index is 69.3. The third-order valence-electron chi connectivity index (χ3n) is 1.83. The van der Waals surface area contributed by atoms with Gasteiger partial charge in [-0.05, 0) is 37.8 Å². The molecule has 1 nitrogen and oxygen atoms in total. The summed E-state index contributed by atoms with van der Waals surface area (Å²) in [6.07, 6.45) is 6.33. The molecule has 2 heteroatoms. The predicted molar refractivity (Wildman–Crippen MR) is 44.0 cm³/mol. The predicted octanol–water partition coefficient (Wildman–Crippen LogP) is 1.49. The quantitative estimate of drug-likeness (QED) is 0.646. The van der Waals surface area contributed by atoms with Crippen molar-refractivity contribution in [1.29, 1.82) is 0 Å². The van der Waals surface area contributed by atoms with Gasteiger partial charge in [-0.25, -0.2) is 0 Å². The first-order valence-corrected chi connectivity index (χ1v) is 5.05. The van der Waals surface area contributed by atoms with E-state index >= 15 is 0 Å². The highest BCUT2D eigenvalue weighted by Crippen LogP contribution is 2.10. The van der Waals surface area contributed by atoms with Crippen molar-refractivity contribution in [3.63, 3.8) is 0 Å². The maximum atomic E-state index is 3.48. The van der Waals surface area contributed by atoms with Gasteiger partial charge in [0.15, 0.2) is 0 Å². The molecule has 1 saturated heterocycles. The normalized spacial score (nSPS) is 27.0. The van der Waals surface area contributed by atoms with Crippen LogP contribution in [-0.4, -0.2) is 24.6 Å². The molecule has 1 aliphatic heterocycles. The van der Waals surface area contributed by atoms with Gasteiger partial charge < -0.3 is 5.32 Å². The molecular formula is C7H15NS. The molecule has 1 atom stereocenters. The number of rotatable bonds is 3. The van der Waals surface area contributed by atoms with Crippen LogP contribution >= 0.6 is 11.8 Å². The molecule has 0 aliphatic carbocycles. The van der Waals surface area contributed by atoms with E-state index in [9.17, 15) is 0 Å². The lowest BCUT2D eigenvalue weighted by atomic mass is 10.2. The first-order valence-electron chi connectivity index (χ1n) is 3.66. The van der Waals surface area contributed by atoms with E-state index in [0.29, 0.717) is 0 Å². The number of hydrogen-bond acceptors (Lipinski definition) is 2. The molecule has 9 heavy (non-hydrogen) atoms. The highest BCUT2D eigenvalue weighted by Gasteiger charge is 2.11. The molecule has 0 unspecified atom stereocenters. The number of nitrogens with one attached hydrogen (secondary N) is 1. The summed E-state index contributed by atoms with van der Waals surface area (Å²) in [5.41, 5.74) is 0. The summed E-state index contributed by atoms with van der Waals surface area (Å²) < 4.78 is 0. The van der Waals surface area contributed by atoms with Gasteiger partial charge in [-0.2, -0.15) is 11.8 Å². The minimum atomic E-state index is 0.845. The molecule has 1 rings (SSSR count). The van der Waals surface area contributed by atoms with E-state index in [4.69, 9.17) is 0 Å². The zero-order valence-electron chi connectivity index (χ0n) is 6.02. The Morgan fingerprint density at radius 2 is 2.56 bits per heavy atom. The van der Waals surface area contributed by atoms with Crippen molar-refractivity contribution in [2.24, 2.45) is 0 Å². The summed E-state index contributed by atoms with van der Waals surface area (Å²) in [6, 6.07) is 0.845. The minimum absolute atomic E-state index is 0.845. The van der Waals surface area contributed by atoms with Crippen molar-refractivity contribution in [1.82, 2.24) is 5.32 Å². The Labute approximate surface area is 61.6 Å². The third kappa shape index (κ3) is 2.59. The molecule has 0 radical (unpaired) electrons. The van der Waals surface area contributed by atoms with Crippen LogP contribution in [0.3, 0.4) is 0 Å². The average Bonchev–Trinajstić information content (AvgIpc) is 2.34. The van der Waals surface area contributed by atoms with Gasteiger partial charge in [0.05, 0.1) is 0 Å². The van der Waals surface area contributed by atoms with Crippen LogP contribution < -0.4 is 5.32 Å². The van der Waals surface area contributed by atoms with E-state index in [1.54, 1.807) is 0 Å². The van der Waals surface area contributed by atoms with Crippen LogP contribution in [0.5, 0.6) is 0 Å². The summed E-state index contributed by atoms with van der Waals surface area (Å²) in [4.78, 5) is 0. The fourth-order valence-corrected chi connectivity index (χ4v) is 1.78. The second-order valence-electron chi connectivity index (χ2n) is 2.57. The van der Waals surface area contributed by atoms with Gasteiger partial charge in [0.2, 0.25) is 0 Å². The second kappa shape index (κ2) is 4.18. The largest absolute Gasteiger partial charge is 0.314 e. The van der Waals surface area contributed by atoms with E-state index in [2.05, 4.69) is 11.6 Å². The molecule has 1 aliphatic rings. The molecule has 0 spiro atoms. The van der Waals surface area contributed by atoms with Gasteiger partial charge in [0.1, 0.15) is 0 Å². The van der Waals surface area contributed by atoms with Crippen molar-refractivity contribution in [2.75, 3.05) is 18.6 Å². The summed E-state index contributed by atoms with van der Waals surface area (Å²) >= 11 is 1.95. The first kappa shape index (κ1) is 7.42. The molecule has 1 heterocycles. The van der Waals surface area contributed by atoms with Gasteiger partial charge in [-0.3, -0.25) is 0 Å². The lowest BCUT2D eigenvalue weighted by molar-refractivity contribution is 0.592. The summed E-state index contributed by atoms with van der Waals surface area (Å²) in [5, 5.41) is 3.48. The van der Waals surface area contributed by atoms with Crippen molar-refractivity contribution >= 4 is 11.8 Å². The van der Waals surface area contributed by atoms with Crippen LogP contribution in [-0.2, 0) is 0 Å². The maximum Gasteiger partial charge on any atom is 0.00753 e. The number of hydrogen-bond donors (Lipinski definition) is 1. The van der Waals surface area contributed by atoms with E-state index < -0.39 is 0 Å². The Morgan fingerprint density at radius 3 is 3.11 bits per heavy atom. The van der Waals surface area contributed by atoms with Crippen LogP contribution in [0, 0.1) is 0 Å². The van der Waals surface area contributed by atoms with Crippen molar-refractivity contribution in [2.45, 2.75) is 25.3 Å². The minimum Gasteiger partial charge on any atom is -0.314 e. The number of thioether (sulfide) groups is 1. The van der Waals surface area contributed by atoms with Gasteiger partial charge in [-0.1, -0.05) is 0 Å². The lowest BCUT2D eigenvalue weighted by Gasteiger charge is -2.06. The Morgan fingerprint density at radius 1 is 1.67 bits per heavy atom. The molecule has 0 saturated carbocycles. The summed E-state index contributed by atoms with van der Waals surface area (Å²) in [5.74, 6) is 1.32. The van der Waals surface area contributed by atoms with Crippen molar-refractivity contribution in [3.8, 4) is 0 Å². The van der Waals surface area contributed by atoms with Gasteiger partial charge in [0.25, 0.3) is 0 Å². The van der Waals surface area contributed by atoms with Crippen molar-refractivity contribution < 1.29 is 0 Å². The van der Waals surface area contributed by atoms with Gasteiger partial charge in [0, 0.05) is 6.04 Å². The fourth-order valence-electron chi connectivity index (χ4n) is 1.26. The molecule has 0 aromatic rings. The van der Waals surface area contributed by atoms with Crippen LogP contribution in [0.15, 0.2) is 0 Å². The molecular weight excluding hydrogens is 130 g/mol. The average molecular weight is 145 g/mol. The first-order chi connectivity index (χ1) is 4.43. The highest BCUT2D eigenvalue weighted by atomic mass is 32.2. The zero-order chi connectivity index (χ0) is 6.53. The standard InChI is InChI=1S/C7H15NS/c1-9-6-4-7-3-2-5-8-7/h7-8H,2-6H2,1H3/t7-/m1/s1. The zero-order valence-corrected chi connectivity index (χ0v) is 6.84. The van der Waals surface area contributed by atoms with Crippen LogP contribution in [0.2, 0.25) is 0 Å². The SMILES string of the molecule is CSCC[C@H]1CCCN1. The van der Waals surface area contributed by atoms with E-state index in [1.165, 1.54) is 31.6 Å². The molecule has 0 amide bonds. The summed E-state index contributed by atoms with van der Waals surface area (Å²) in [7, 11) is 0. The van der Waals surface area contributed by atoms with Gasteiger partial charge >= 0.3 is 0 Å². The third-order valence-corrected chi connectivity index (χ3v) is 2.48. The molecule has 54 valence electrons. The van der Waals surface area contributed by atoms with E-state index in [-0.39, 0.29) is 0 Å². The van der Waals surface area contributed by atoms with Crippen molar-refractivity contribution in [3.05, 3.63) is 0 Å². The molecule has 0 aromatic carbocycles. The van der Waals surface area contributed by atoms with Crippen LogP contribution in [0.1, 0.15) is 19.3 Å². The molecule has 0 aromatic heterocycles. The smallest absolute Gasteiger partial charge is 0.00753 e. The van der Waals surface area contributed by atoms with Crippen LogP contribution in [0.25, 0.3) is 0 Å². The molecule has 1 fully saturated rings. The van der Waals surface area contributed by atoms with E-state index in [1.807, 2.05) is 11.8 Å². The molecule has 0 bridgehead atoms. The second-order valence-corrected chi connectivity index (χ2v) is 3.56. The Balaban J connectivity index is 1.98. The van der Waals surface area contributed by atoms with E-state index in [0.717, 1.165) is 6.04 Å². The Kier molecular flexibility index (Phi) is 3.44. The fraction of sp³-hybridized carbons (Fsp3) is 1.00. The maximum absolute atomic E-state index is 3.48. The van der Waals surface area contributed by atoms with Crippen LogP contribution in [0.4, 0.5) is 0 Å². The monoisotopic (exact) mass is 145 g/mol. The lowest BCUT2D eigenvalue weighted by Crippen LogP contribution is -2.21. The highest BCUT2D eigenvalue weighted by molar-refractivity contribution is 7.98. The van der Waals surface area contributed by atoms with Gasteiger partial charge in [-0.15, -0.1) is 0 Å². The topological polar surface area (TPSA) is 12.0 Å².